The Kier molecular flexibility index (Phi) is 7.02. The fourth-order valence-corrected chi connectivity index (χ4v) is 5.02. The zero-order valence-electron chi connectivity index (χ0n) is 22.7. The van der Waals surface area contributed by atoms with Crippen LogP contribution in [0.25, 0.3) is 16.6 Å². The summed E-state index contributed by atoms with van der Waals surface area (Å²) in [5, 5.41) is 14.8. The Hall–Kier alpha value is -4.00. The number of aliphatic hydroxyl groups is 1. The average Bonchev–Trinajstić information content (AvgIpc) is 3.31. The maximum Gasteiger partial charge on any atom is 0.270 e. The van der Waals surface area contributed by atoms with E-state index in [4.69, 9.17) is 5.73 Å². The Bertz CT molecular complexity index is 1600. The smallest absolute Gasteiger partial charge is 0.270 e. The molecule has 4 aromatic rings. The van der Waals surface area contributed by atoms with Crippen LogP contribution in [0.5, 0.6) is 0 Å². The summed E-state index contributed by atoms with van der Waals surface area (Å²) in [4.78, 5) is 29.7. The summed E-state index contributed by atoms with van der Waals surface area (Å²) < 4.78 is 41.3. The summed E-state index contributed by atoms with van der Waals surface area (Å²) in [5.74, 6) is 0.568. The molecule has 1 fully saturated rings. The van der Waals surface area contributed by atoms with Crippen molar-refractivity contribution in [2.24, 2.45) is 0 Å². The van der Waals surface area contributed by atoms with Gasteiger partial charge in [0.15, 0.2) is 17.1 Å². The molecular weight excluding hydrogens is 525 g/mol. The van der Waals surface area contributed by atoms with E-state index in [1.807, 2.05) is 6.92 Å². The minimum atomic E-state index is -2.83. The van der Waals surface area contributed by atoms with Gasteiger partial charge in [-0.05, 0) is 63.4 Å². The third-order valence-corrected chi connectivity index (χ3v) is 7.57. The number of nitrogens with two attached hydrogens (primary N) is 1. The van der Waals surface area contributed by atoms with Crippen molar-refractivity contribution in [3.05, 3.63) is 52.7 Å². The lowest BCUT2D eigenvalue weighted by molar-refractivity contribution is -0.112. The van der Waals surface area contributed by atoms with Gasteiger partial charge in [0.1, 0.15) is 11.6 Å². The van der Waals surface area contributed by atoms with E-state index in [0.29, 0.717) is 64.3 Å². The van der Waals surface area contributed by atoms with E-state index >= 15 is 0 Å². The van der Waals surface area contributed by atoms with Crippen molar-refractivity contribution in [2.75, 3.05) is 30.8 Å². The molecule has 0 saturated carbocycles. The van der Waals surface area contributed by atoms with Gasteiger partial charge in [0.2, 0.25) is 5.95 Å². The molecule has 1 amide bonds. The quantitative estimate of drug-likeness (QED) is 0.339. The molecule has 3 N–H and O–H groups in total. The number of nitrogen functional groups attached to an aromatic ring is 1. The number of hydrogen-bond acceptors (Lipinski definition) is 8. The van der Waals surface area contributed by atoms with Gasteiger partial charge in [0, 0.05) is 24.9 Å². The summed E-state index contributed by atoms with van der Waals surface area (Å²) in [6, 6.07) is 5.91. The maximum absolute atomic E-state index is 14.1. The molecular formula is C27H31F3N8O2. The first-order valence-electron chi connectivity index (χ1n) is 13.0. The molecule has 3 aromatic heterocycles. The van der Waals surface area contributed by atoms with Crippen molar-refractivity contribution in [1.29, 1.82) is 0 Å². The highest BCUT2D eigenvalue weighted by Gasteiger charge is 2.49. The zero-order valence-corrected chi connectivity index (χ0v) is 22.7. The number of fused-ring (bicyclic) bond motifs is 3. The lowest BCUT2D eigenvalue weighted by Crippen LogP contribution is -2.66. The summed E-state index contributed by atoms with van der Waals surface area (Å²) in [5.41, 5.74) is 6.65. The molecule has 212 valence electrons. The molecule has 0 unspecified atom stereocenters. The second kappa shape index (κ2) is 10.2. The lowest BCUT2D eigenvalue weighted by Gasteiger charge is -2.46. The third-order valence-electron chi connectivity index (χ3n) is 7.57. The van der Waals surface area contributed by atoms with Crippen LogP contribution in [-0.4, -0.2) is 78.7 Å². The van der Waals surface area contributed by atoms with Crippen molar-refractivity contribution in [2.45, 2.75) is 58.1 Å². The van der Waals surface area contributed by atoms with E-state index in [1.165, 1.54) is 16.6 Å². The number of halogens is 3. The number of aromatic nitrogens is 5. The first-order valence-corrected chi connectivity index (χ1v) is 13.0. The molecule has 10 nitrogen and oxygen atoms in total. The van der Waals surface area contributed by atoms with Crippen LogP contribution in [0.4, 0.5) is 24.9 Å². The van der Waals surface area contributed by atoms with E-state index < -0.39 is 12.0 Å². The van der Waals surface area contributed by atoms with Gasteiger partial charge in [-0.25, -0.2) is 28.1 Å². The number of carbonyl (C=O) groups excluding carboxylic acids is 1. The number of nitrogens with zero attached hydrogens (tertiary/aromatic N) is 7. The number of anilines is 2. The summed E-state index contributed by atoms with van der Waals surface area (Å²) in [6.45, 7) is 4.98. The minimum absolute atomic E-state index is 0.107. The number of pyridine rings is 1. The van der Waals surface area contributed by atoms with Gasteiger partial charge in [-0.15, -0.1) is 5.10 Å². The van der Waals surface area contributed by atoms with Crippen LogP contribution in [0.2, 0.25) is 0 Å². The van der Waals surface area contributed by atoms with Crippen molar-refractivity contribution in [3.63, 3.8) is 0 Å². The van der Waals surface area contributed by atoms with Crippen LogP contribution in [0.15, 0.2) is 24.3 Å². The monoisotopic (exact) mass is 556 g/mol. The summed E-state index contributed by atoms with van der Waals surface area (Å²) >= 11 is 0. The van der Waals surface area contributed by atoms with Crippen LogP contribution in [-0.2, 0) is 6.42 Å². The molecule has 5 rings (SSSR count). The van der Waals surface area contributed by atoms with Crippen molar-refractivity contribution >= 4 is 34.2 Å². The van der Waals surface area contributed by atoms with Crippen LogP contribution in [0.1, 0.15) is 47.2 Å². The Labute approximate surface area is 228 Å². The van der Waals surface area contributed by atoms with Gasteiger partial charge < -0.3 is 20.6 Å². The van der Waals surface area contributed by atoms with Crippen molar-refractivity contribution in [3.8, 4) is 0 Å². The predicted molar refractivity (Wildman–Crippen MR) is 144 cm³/mol. The number of carbonyl (C=O) groups is 1. The van der Waals surface area contributed by atoms with Crippen LogP contribution < -0.4 is 10.6 Å². The molecule has 40 heavy (non-hydrogen) atoms. The van der Waals surface area contributed by atoms with Crippen LogP contribution in [0, 0.1) is 19.7 Å². The van der Waals surface area contributed by atoms with Gasteiger partial charge in [-0.1, -0.05) is 0 Å². The Balaban J connectivity index is 1.21. The summed E-state index contributed by atoms with van der Waals surface area (Å²) in [7, 11) is 1.72. The van der Waals surface area contributed by atoms with Gasteiger partial charge in [-0.3, -0.25) is 4.79 Å². The Morgan fingerprint density at radius 3 is 2.60 bits per heavy atom. The van der Waals surface area contributed by atoms with Gasteiger partial charge in [0.25, 0.3) is 12.3 Å². The maximum atomic E-state index is 14.1. The van der Waals surface area contributed by atoms with Crippen molar-refractivity contribution in [1.82, 2.24) is 29.5 Å². The van der Waals surface area contributed by atoms with E-state index in [2.05, 4.69) is 20.1 Å². The SMILES string of the molecule is Cc1nc(N2CC(O)(C(F)F)C2)ccc1C(=O)N(C)[C@@H](C)CCCc1nc2c3cc(F)cc(C)c3nc(N)n2n1. The van der Waals surface area contributed by atoms with Crippen molar-refractivity contribution < 1.29 is 23.1 Å². The van der Waals surface area contributed by atoms with E-state index in [9.17, 15) is 23.1 Å². The molecule has 1 saturated heterocycles. The van der Waals surface area contributed by atoms with Gasteiger partial charge in [0.05, 0.1) is 29.9 Å². The summed E-state index contributed by atoms with van der Waals surface area (Å²) in [6.07, 6.45) is -0.940. The highest BCUT2D eigenvalue weighted by molar-refractivity contribution is 5.95. The number of alkyl halides is 2. The van der Waals surface area contributed by atoms with E-state index in [-0.39, 0.29) is 36.8 Å². The fraction of sp³-hybridized carbons (Fsp3) is 0.444. The number of amides is 1. The van der Waals surface area contributed by atoms with E-state index in [0.717, 1.165) is 0 Å². The number of hydrogen-bond donors (Lipinski definition) is 2. The topological polar surface area (TPSA) is 126 Å². The molecule has 0 radical (unpaired) electrons. The van der Waals surface area contributed by atoms with Crippen LogP contribution in [0.3, 0.4) is 0 Å². The fourth-order valence-electron chi connectivity index (χ4n) is 5.02. The highest BCUT2D eigenvalue weighted by atomic mass is 19.3. The molecule has 0 aliphatic carbocycles. The van der Waals surface area contributed by atoms with Gasteiger partial charge in [-0.2, -0.15) is 4.52 Å². The molecule has 13 heteroatoms. The first kappa shape index (κ1) is 27.6. The highest BCUT2D eigenvalue weighted by Crippen LogP contribution is 2.32. The number of rotatable bonds is 8. The Morgan fingerprint density at radius 2 is 1.93 bits per heavy atom. The molecule has 4 heterocycles. The second-order valence-electron chi connectivity index (χ2n) is 10.6. The average molecular weight is 557 g/mol. The molecule has 0 spiro atoms. The third kappa shape index (κ3) is 4.89. The first-order chi connectivity index (χ1) is 18.9. The predicted octanol–water partition coefficient (Wildman–Crippen LogP) is 3.31. The zero-order chi connectivity index (χ0) is 28.9. The number of β-amino-alcohol motifs (C(OH)–C–C–N with tert-alkyl or cyclic N) is 1. The Morgan fingerprint density at radius 1 is 1.20 bits per heavy atom. The molecule has 1 aliphatic rings. The largest absolute Gasteiger partial charge is 0.380 e. The number of aryl methyl sites for hydroxylation is 3. The second-order valence-corrected chi connectivity index (χ2v) is 10.6. The number of benzene rings is 1. The molecule has 1 aromatic carbocycles. The minimum Gasteiger partial charge on any atom is -0.380 e. The van der Waals surface area contributed by atoms with Crippen LogP contribution >= 0.6 is 0 Å². The normalized spacial score (nSPS) is 15.6. The molecule has 0 bridgehead atoms. The molecule has 1 atom stereocenters. The standard InChI is InChI=1S/C27H31F3N8O2/c1-14-10-17(28)11-19-22(14)34-26(31)38-23(19)33-20(35-38)7-5-6-15(2)36(4)24(39)18-8-9-21(32-16(18)3)37-12-27(40,13-37)25(29)30/h8-11,15,25,40H,5-7,12-13H2,1-4H3,(H2,31,34)/t15-/m0/s1. The van der Waals surface area contributed by atoms with Gasteiger partial charge >= 0.3 is 0 Å². The lowest BCUT2D eigenvalue weighted by atomic mass is 9.95. The molecule has 1 aliphatic heterocycles. The van der Waals surface area contributed by atoms with E-state index in [1.54, 1.807) is 42.8 Å².